The van der Waals surface area contributed by atoms with Crippen LogP contribution in [0.4, 0.5) is 4.79 Å². The van der Waals surface area contributed by atoms with Crippen LogP contribution in [0.3, 0.4) is 0 Å². The van der Waals surface area contributed by atoms with Crippen molar-refractivity contribution in [1.82, 2.24) is 35.7 Å². The van der Waals surface area contributed by atoms with Crippen molar-refractivity contribution in [2.24, 2.45) is 5.92 Å². The maximum absolute atomic E-state index is 14.1. The number of hydrogen-bond donors (Lipinski definition) is 3. The van der Waals surface area contributed by atoms with Gasteiger partial charge in [0.1, 0.15) is 23.2 Å². The molecule has 0 spiro atoms. The van der Waals surface area contributed by atoms with E-state index in [1.54, 1.807) is 20.8 Å². The van der Waals surface area contributed by atoms with Crippen LogP contribution in [0.25, 0.3) is 11.4 Å². The van der Waals surface area contributed by atoms with E-state index in [-0.39, 0.29) is 25.3 Å². The average Bonchev–Trinajstić information content (AvgIpc) is 3.26. The maximum atomic E-state index is 14.1. The number of fused-ring (bicyclic) bond motifs is 2. The number of carboxylic acids is 1. The SMILES string of the molecule is CC(C)(C)OC(=O)NC1CCCCC/C=C\C2CC2(C(=O)O)NC(=O)C2C[C@@H](n3nnc(-c4ccccc4Br)n3)CN2C1=O. The number of rotatable bonds is 4. The zero-order chi connectivity index (χ0) is 31.6. The van der Waals surface area contributed by atoms with Crippen LogP contribution >= 0.6 is 15.9 Å². The van der Waals surface area contributed by atoms with E-state index in [2.05, 4.69) is 42.0 Å². The lowest BCUT2D eigenvalue weighted by Gasteiger charge is -2.30. The number of carboxylic acid groups (broad SMARTS) is 1. The lowest BCUT2D eigenvalue weighted by molar-refractivity contribution is -0.145. The molecule has 1 saturated heterocycles. The molecule has 3 amide bonds. The van der Waals surface area contributed by atoms with Crippen molar-refractivity contribution < 1.29 is 29.0 Å². The minimum absolute atomic E-state index is 0.0680. The normalized spacial score (nSPS) is 28.5. The Morgan fingerprint density at radius 2 is 1.95 bits per heavy atom. The molecule has 236 valence electrons. The Labute approximate surface area is 263 Å². The van der Waals surface area contributed by atoms with Crippen LogP contribution < -0.4 is 10.6 Å². The van der Waals surface area contributed by atoms with E-state index in [0.717, 1.165) is 29.3 Å². The molecule has 5 rings (SSSR count). The molecule has 2 fully saturated rings. The van der Waals surface area contributed by atoms with Gasteiger partial charge in [0.25, 0.3) is 0 Å². The fourth-order valence-corrected chi connectivity index (χ4v) is 6.29. The second kappa shape index (κ2) is 12.7. The van der Waals surface area contributed by atoms with Crippen molar-refractivity contribution in [3.05, 3.63) is 40.9 Å². The highest BCUT2D eigenvalue weighted by molar-refractivity contribution is 9.10. The molecule has 1 aromatic carbocycles. The highest BCUT2D eigenvalue weighted by Crippen LogP contribution is 2.45. The molecule has 14 heteroatoms. The summed E-state index contributed by atoms with van der Waals surface area (Å²) in [4.78, 5) is 55.9. The van der Waals surface area contributed by atoms with E-state index in [4.69, 9.17) is 4.74 Å². The number of ether oxygens (including phenoxy) is 1. The Kier molecular flexibility index (Phi) is 9.10. The molecule has 1 saturated carbocycles. The predicted molar refractivity (Wildman–Crippen MR) is 162 cm³/mol. The quantitative estimate of drug-likeness (QED) is 0.411. The van der Waals surface area contributed by atoms with E-state index in [0.29, 0.717) is 18.7 Å². The van der Waals surface area contributed by atoms with Gasteiger partial charge in [-0.1, -0.05) is 53.1 Å². The number of allylic oxidation sites excluding steroid dienone is 1. The first-order chi connectivity index (χ1) is 20.9. The van der Waals surface area contributed by atoms with Crippen LogP contribution in [0.5, 0.6) is 0 Å². The Morgan fingerprint density at radius 1 is 1.18 bits per heavy atom. The van der Waals surface area contributed by atoms with Gasteiger partial charge in [0.2, 0.25) is 17.6 Å². The molecule has 1 aromatic heterocycles. The van der Waals surface area contributed by atoms with Gasteiger partial charge in [-0.15, -0.1) is 10.2 Å². The minimum Gasteiger partial charge on any atom is -0.479 e. The summed E-state index contributed by atoms with van der Waals surface area (Å²) in [6.07, 6.45) is 6.93. The summed E-state index contributed by atoms with van der Waals surface area (Å²) >= 11 is 3.50. The number of tetrazole rings is 1. The van der Waals surface area contributed by atoms with Gasteiger partial charge >= 0.3 is 12.1 Å². The van der Waals surface area contributed by atoms with Gasteiger partial charge in [-0.05, 0) is 63.8 Å². The van der Waals surface area contributed by atoms with Crippen LogP contribution in [0.15, 0.2) is 40.9 Å². The molecule has 2 aliphatic heterocycles. The van der Waals surface area contributed by atoms with E-state index in [1.165, 1.54) is 9.70 Å². The van der Waals surface area contributed by atoms with E-state index < -0.39 is 53.1 Å². The Morgan fingerprint density at radius 3 is 2.68 bits per heavy atom. The fraction of sp³-hybridized carbons (Fsp3) is 0.567. The topological polar surface area (TPSA) is 169 Å². The number of carbonyl (C=O) groups excluding carboxylic acids is 3. The van der Waals surface area contributed by atoms with Crippen molar-refractivity contribution in [2.45, 2.75) is 95.0 Å². The molecule has 44 heavy (non-hydrogen) atoms. The first-order valence-corrected chi connectivity index (χ1v) is 15.7. The molecule has 3 N–H and O–H groups in total. The largest absolute Gasteiger partial charge is 0.479 e. The van der Waals surface area contributed by atoms with Crippen molar-refractivity contribution in [1.29, 1.82) is 0 Å². The molecule has 1 aliphatic carbocycles. The summed E-state index contributed by atoms with van der Waals surface area (Å²) in [7, 11) is 0. The number of carbonyl (C=O) groups is 4. The summed E-state index contributed by atoms with van der Waals surface area (Å²) in [5.74, 6) is -2.09. The predicted octanol–water partition coefficient (Wildman–Crippen LogP) is 3.62. The zero-order valence-electron chi connectivity index (χ0n) is 25.0. The zero-order valence-corrected chi connectivity index (χ0v) is 26.6. The summed E-state index contributed by atoms with van der Waals surface area (Å²) in [6.45, 7) is 5.28. The monoisotopic (exact) mass is 671 g/mol. The number of hydrogen-bond acceptors (Lipinski definition) is 8. The van der Waals surface area contributed by atoms with Crippen molar-refractivity contribution >= 4 is 39.8 Å². The Balaban J connectivity index is 1.45. The summed E-state index contributed by atoms with van der Waals surface area (Å²) in [5, 5.41) is 28.5. The Bertz CT molecular complexity index is 1460. The first kappa shape index (κ1) is 31.6. The molecular formula is C30H38BrN7O6. The summed E-state index contributed by atoms with van der Waals surface area (Å²) < 4.78 is 6.23. The number of amides is 3. The van der Waals surface area contributed by atoms with E-state index in [9.17, 15) is 24.3 Å². The van der Waals surface area contributed by atoms with Gasteiger partial charge in [0, 0.05) is 28.9 Å². The maximum Gasteiger partial charge on any atom is 0.408 e. The van der Waals surface area contributed by atoms with E-state index in [1.807, 2.05) is 36.4 Å². The van der Waals surface area contributed by atoms with E-state index >= 15 is 0 Å². The van der Waals surface area contributed by atoms with Gasteiger partial charge < -0.3 is 25.4 Å². The molecular weight excluding hydrogens is 634 g/mol. The van der Waals surface area contributed by atoms with Gasteiger partial charge in [0.05, 0.1) is 6.04 Å². The van der Waals surface area contributed by atoms with Crippen molar-refractivity contribution in [3.8, 4) is 11.4 Å². The number of aliphatic carboxylic acids is 1. The molecule has 4 unspecified atom stereocenters. The number of alkyl carbamates (subject to hydrolysis) is 1. The molecule has 3 aliphatic rings. The minimum atomic E-state index is -1.42. The van der Waals surface area contributed by atoms with Crippen LogP contribution in [0.2, 0.25) is 0 Å². The number of nitrogens with one attached hydrogen (secondary N) is 2. The second-order valence-electron chi connectivity index (χ2n) is 12.7. The Hall–Kier alpha value is -3.81. The van der Waals surface area contributed by atoms with Gasteiger partial charge in [-0.3, -0.25) is 9.59 Å². The number of aromatic nitrogens is 4. The summed E-state index contributed by atoms with van der Waals surface area (Å²) in [6, 6.07) is 4.96. The third-order valence-electron chi connectivity index (χ3n) is 8.20. The molecule has 13 nitrogen and oxygen atoms in total. The van der Waals surface area contributed by atoms with Gasteiger partial charge in [0.15, 0.2) is 0 Å². The van der Waals surface area contributed by atoms with Gasteiger partial charge in [-0.2, -0.15) is 4.80 Å². The third kappa shape index (κ3) is 6.95. The van der Waals surface area contributed by atoms with Crippen LogP contribution in [0.1, 0.15) is 71.8 Å². The average molecular weight is 673 g/mol. The standard InChI is InChI=1S/C30H38BrN7O6/c1-29(2,3)44-28(43)32-22-14-8-6-4-5-7-11-18-16-30(18,27(41)42)33-25(39)23-15-19(17-37(23)26(22)40)38-35-24(34-36-38)20-12-9-10-13-21(20)31/h7,9-13,18-19,22-23H,4-6,8,14-17H2,1-3H3,(H,32,43)(H,33,39)(H,41,42)/b11-7-/t18?,19-,22?,23?,30?/m1/s1. The second-order valence-corrected chi connectivity index (χ2v) is 13.5. The molecule has 0 bridgehead atoms. The number of halogens is 1. The van der Waals surface area contributed by atoms with Gasteiger partial charge in [-0.25, -0.2) is 9.59 Å². The van der Waals surface area contributed by atoms with Crippen molar-refractivity contribution in [2.75, 3.05) is 6.54 Å². The highest BCUT2D eigenvalue weighted by Gasteiger charge is 2.61. The molecule has 0 radical (unpaired) electrons. The lowest BCUT2D eigenvalue weighted by Crippen LogP contribution is -2.56. The molecule has 2 aromatic rings. The summed E-state index contributed by atoms with van der Waals surface area (Å²) in [5.41, 5.74) is -1.46. The third-order valence-corrected chi connectivity index (χ3v) is 8.89. The number of nitrogens with zero attached hydrogens (tertiary/aromatic N) is 5. The van der Waals surface area contributed by atoms with Crippen LogP contribution in [-0.2, 0) is 19.1 Å². The first-order valence-electron chi connectivity index (χ1n) is 14.9. The highest BCUT2D eigenvalue weighted by atomic mass is 79.9. The lowest BCUT2D eigenvalue weighted by atomic mass is 10.0. The smallest absolute Gasteiger partial charge is 0.408 e. The fourth-order valence-electron chi connectivity index (χ4n) is 5.83. The van der Waals surface area contributed by atoms with Crippen LogP contribution in [-0.4, -0.2) is 83.9 Å². The molecule has 3 heterocycles. The van der Waals surface area contributed by atoms with Crippen molar-refractivity contribution in [3.63, 3.8) is 0 Å². The number of benzene rings is 1. The molecule has 5 atom stereocenters. The van der Waals surface area contributed by atoms with Crippen LogP contribution in [0, 0.1) is 5.92 Å².